The van der Waals surface area contributed by atoms with E-state index in [4.69, 9.17) is 0 Å². The van der Waals surface area contributed by atoms with E-state index in [1.54, 1.807) is 15.6 Å². The first kappa shape index (κ1) is 25.0. The molecule has 2 fully saturated rings. The molecule has 0 aliphatic carbocycles. The average Bonchev–Trinajstić information content (AvgIpc) is 3.58. The molecule has 0 bridgehead atoms. The molecule has 37 heavy (non-hydrogen) atoms. The number of halogens is 2. The number of pyridine rings is 1. The average molecular weight is 512 g/mol. The van der Waals surface area contributed by atoms with Crippen LogP contribution in [0.2, 0.25) is 0 Å². The van der Waals surface area contributed by atoms with Crippen molar-refractivity contribution in [2.45, 2.75) is 57.7 Å². The summed E-state index contributed by atoms with van der Waals surface area (Å²) in [7, 11) is 0. The van der Waals surface area contributed by atoms with Gasteiger partial charge in [0.15, 0.2) is 0 Å². The highest BCUT2D eigenvalue weighted by atomic mass is 19.1. The summed E-state index contributed by atoms with van der Waals surface area (Å²) in [5.74, 6) is -1.11. The third-order valence-electron chi connectivity index (χ3n) is 7.38. The molecule has 2 aliphatic heterocycles. The third-order valence-corrected chi connectivity index (χ3v) is 7.38. The first-order valence-electron chi connectivity index (χ1n) is 12.5. The van der Waals surface area contributed by atoms with Crippen LogP contribution in [-0.4, -0.2) is 67.7 Å². The van der Waals surface area contributed by atoms with Crippen molar-refractivity contribution < 1.29 is 23.5 Å². The Hall–Kier alpha value is -3.69. The number of carboxylic acid groups (broad SMARTS) is 1. The number of hydrogen-bond acceptors (Lipinski definition) is 4. The largest absolute Gasteiger partial charge is 0.465 e. The molecule has 3 aromatic rings. The van der Waals surface area contributed by atoms with Gasteiger partial charge in [-0.15, -0.1) is 0 Å². The minimum atomic E-state index is -0.998. The fourth-order valence-electron chi connectivity index (χ4n) is 5.78. The number of fused-ring (bicyclic) bond motifs is 1. The van der Waals surface area contributed by atoms with Crippen molar-refractivity contribution in [2.24, 2.45) is 0 Å². The van der Waals surface area contributed by atoms with Crippen LogP contribution in [0.5, 0.6) is 0 Å². The minimum Gasteiger partial charge on any atom is -0.465 e. The summed E-state index contributed by atoms with van der Waals surface area (Å²) in [4.78, 5) is 30.6. The van der Waals surface area contributed by atoms with Gasteiger partial charge in [0.05, 0.1) is 29.4 Å². The van der Waals surface area contributed by atoms with E-state index in [1.807, 2.05) is 37.8 Å². The van der Waals surface area contributed by atoms with Gasteiger partial charge in [0.25, 0.3) is 5.91 Å². The van der Waals surface area contributed by atoms with E-state index in [1.165, 1.54) is 17.2 Å². The number of anilines is 1. The van der Waals surface area contributed by atoms with Crippen LogP contribution in [0.15, 0.2) is 42.7 Å². The molecule has 4 heterocycles. The smallest absolute Gasteiger partial charge is 0.408 e. The molecule has 0 radical (unpaired) electrons. The Labute approximate surface area is 214 Å². The van der Waals surface area contributed by atoms with Gasteiger partial charge in [-0.25, -0.2) is 18.1 Å². The van der Waals surface area contributed by atoms with E-state index < -0.39 is 23.3 Å². The molecule has 2 atom stereocenters. The third kappa shape index (κ3) is 4.60. The maximum atomic E-state index is 14.6. The van der Waals surface area contributed by atoms with Gasteiger partial charge in [0.2, 0.25) is 0 Å². The summed E-state index contributed by atoms with van der Waals surface area (Å²) < 4.78 is 30.1. The molecule has 0 spiro atoms. The van der Waals surface area contributed by atoms with Crippen LogP contribution in [0.4, 0.5) is 19.3 Å². The molecule has 8 nitrogen and oxygen atoms in total. The highest BCUT2D eigenvalue weighted by Gasteiger charge is 2.39. The van der Waals surface area contributed by atoms with Crippen LogP contribution in [0, 0.1) is 11.6 Å². The zero-order valence-corrected chi connectivity index (χ0v) is 21.2. The lowest BCUT2D eigenvalue weighted by Gasteiger charge is -2.37. The topological polar surface area (TPSA) is 81.4 Å². The van der Waals surface area contributed by atoms with Crippen LogP contribution >= 0.6 is 0 Å². The highest BCUT2D eigenvalue weighted by molar-refractivity contribution is 6.01. The number of carbonyl (C=O) groups excluding carboxylic acids is 1. The zero-order chi connectivity index (χ0) is 26.5. The molecule has 2 aromatic heterocycles. The van der Waals surface area contributed by atoms with Gasteiger partial charge in [0, 0.05) is 42.6 Å². The van der Waals surface area contributed by atoms with E-state index in [0.717, 1.165) is 24.2 Å². The summed E-state index contributed by atoms with van der Waals surface area (Å²) in [5, 5.41) is 14.1. The molecule has 1 aromatic carbocycles. The number of rotatable bonds is 4. The second kappa shape index (κ2) is 9.32. The summed E-state index contributed by atoms with van der Waals surface area (Å²) in [5.41, 5.74) is 1.59. The quantitative estimate of drug-likeness (QED) is 0.536. The molecule has 196 valence electrons. The second-order valence-corrected chi connectivity index (χ2v) is 10.8. The maximum absolute atomic E-state index is 14.6. The van der Waals surface area contributed by atoms with Crippen LogP contribution in [0.25, 0.3) is 5.52 Å². The number of benzene rings is 1. The summed E-state index contributed by atoms with van der Waals surface area (Å²) in [6.07, 6.45) is 4.38. The van der Waals surface area contributed by atoms with Crippen LogP contribution in [-0.2, 0) is 0 Å². The Morgan fingerprint density at radius 3 is 2.62 bits per heavy atom. The Balaban J connectivity index is 1.41. The monoisotopic (exact) mass is 511 g/mol. The normalized spacial score (nSPS) is 20.1. The van der Waals surface area contributed by atoms with E-state index >= 15 is 0 Å². The second-order valence-electron chi connectivity index (χ2n) is 10.8. The molecule has 0 unspecified atom stereocenters. The molecule has 2 saturated heterocycles. The maximum Gasteiger partial charge on any atom is 0.408 e. The Morgan fingerprint density at radius 2 is 1.89 bits per heavy atom. The Bertz CT molecular complexity index is 1350. The van der Waals surface area contributed by atoms with Gasteiger partial charge in [-0.1, -0.05) is 0 Å². The number of nitrogens with zero attached hydrogens (tertiary/aromatic N) is 5. The Morgan fingerprint density at radius 1 is 1.11 bits per heavy atom. The molecule has 2 amide bonds. The number of likely N-dealkylation sites (tertiary alicyclic amines) is 1. The number of aromatic nitrogens is 2. The molecular weight excluding hydrogens is 480 g/mol. The molecular formula is C27H31F2N5O3. The molecule has 5 rings (SSSR count). The van der Waals surface area contributed by atoms with Gasteiger partial charge in [-0.05, 0) is 70.4 Å². The first-order chi connectivity index (χ1) is 17.5. The van der Waals surface area contributed by atoms with Gasteiger partial charge in [0.1, 0.15) is 11.6 Å². The van der Waals surface area contributed by atoms with Gasteiger partial charge in [-0.2, -0.15) is 5.10 Å². The van der Waals surface area contributed by atoms with Crippen molar-refractivity contribution >= 4 is 23.2 Å². The van der Waals surface area contributed by atoms with Crippen LogP contribution in [0.3, 0.4) is 0 Å². The number of amides is 2. The van der Waals surface area contributed by atoms with Crippen LogP contribution < -0.4 is 4.90 Å². The number of hydrogen-bond donors (Lipinski definition) is 1. The van der Waals surface area contributed by atoms with Crippen molar-refractivity contribution in [3.05, 3.63) is 65.5 Å². The van der Waals surface area contributed by atoms with Crippen molar-refractivity contribution in [1.29, 1.82) is 0 Å². The highest BCUT2D eigenvalue weighted by Crippen LogP contribution is 2.38. The summed E-state index contributed by atoms with van der Waals surface area (Å²) in [6.45, 7) is 6.99. The molecule has 1 N–H and O–H groups in total. The fourth-order valence-corrected chi connectivity index (χ4v) is 5.78. The summed E-state index contributed by atoms with van der Waals surface area (Å²) >= 11 is 0. The lowest BCUT2D eigenvalue weighted by Crippen LogP contribution is -2.52. The zero-order valence-electron chi connectivity index (χ0n) is 21.2. The standard InChI is InChI=1S/C27H31F2N5O3/c1-27(2,3)34(26(36)37)19-8-11-31(16-19)25(35)21-15-30-33-12-9-18(14-24(21)33)32-10-4-5-23(32)20-13-17(28)6-7-22(20)29/h6-7,9,12-15,19,23H,4-5,8,10-11,16H2,1-3H3,(H,36,37)/t19-,23+/m0/s1. The lowest BCUT2D eigenvalue weighted by molar-refractivity contribution is 0.0650. The molecule has 2 aliphatic rings. The fraction of sp³-hybridized carbons (Fsp3) is 0.444. The van der Waals surface area contributed by atoms with E-state index in [2.05, 4.69) is 5.10 Å². The van der Waals surface area contributed by atoms with E-state index in [0.29, 0.717) is 49.1 Å². The van der Waals surface area contributed by atoms with Gasteiger partial charge in [-0.3, -0.25) is 9.69 Å². The molecule has 0 saturated carbocycles. The first-order valence-corrected chi connectivity index (χ1v) is 12.5. The van der Waals surface area contributed by atoms with Crippen molar-refractivity contribution in [2.75, 3.05) is 24.5 Å². The van der Waals surface area contributed by atoms with Crippen molar-refractivity contribution in [3.8, 4) is 0 Å². The van der Waals surface area contributed by atoms with E-state index in [9.17, 15) is 23.5 Å². The van der Waals surface area contributed by atoms with Crippen molar-refractivity contribution in [1.82, 2.24) is 19.4 Å². The van der Waals surface area contributed by atoms with Gasteiger partial charge >= 0.3 is 6.09 Å². The van der Waals surface area contributed by atoms with Crippen molar-refractivity contribution in [3.63, 3.8) is 0 Å². The predicted molar refractivity (Wildman–Crippen MR) is 135 cm³/mol. The van der Waals surface area contributed by atoms with Crippen LogP contribution in [0.1, 0.15) is 62.0 Å². The van der Waals surface area contributed by atoms with E-state index in [-0.39, 0.29) is 18.0 Å². The van der Waals surface area contributed by atoms with Gasteiger partial charge < -0.3 is 14.9 Å². The Kier molecular flexibility index (Phi) is 6.29. The SMILES string of the molecule is CC(C)(C)N(C(=O)O)[C@H]1CCN(C(=O)c2cnn3ccc(N4CCC[C@@H]4c4cc(F)ccc4F)cc23)C1. The number of carbonyl (C=O) groups is 2. The lowest BCUT2D eigenvalue weighted by atomic mass is 10.0. The predicted octanol–water partition coefficient (Wildman–Crippen LogP) is 4.95. The molecule has 10 heteroatoms. The minimum absolute atomic E-state index is 0.206. The summed E-state index contributed by atoms with van der Waals surface area (Å²) in [6, 6.07) is 6.67.